The third kappa shape index (κ3) is 2.49. The lowest BCUT2D eigenvalue weighted by Crippen LogP contribution is -2.52. The predicted molar refractivity (Wildman–Crippen MR) is 83.0 cm³/mol. The summed E-state index contributed by atoms with van der Waals surface area (Å²) in [7, 11) is 0. The maximum Gasteiger partial charge on any atom is 0.134 e. The number of aliphatic hydroxyl groups is 1. The van der Waals surface area contributed by atoms with Crippen LogP contribution in [0.25, 0.3) is 11.0 Å². The standard InChI is InChI=1S/C18H23NO2/c20-18-8-4-3-6-15(18)12-19(10-9-18)13-16-11-14-5-1-2-7-17(14)21-16/h1-2,5,7,11,15,20H,3-4,6,8-10,12-13H2/t15-,18-/m0/s1. The average Bonchev–Trinajstić information content (AvgIpc) is 2.89. The Labute approximate surface area is 125 Å². The molecule has 21 heavy (non-hydrogen) atoms. The monoisotopic (exact) mass is 285 g/mol. The van der Waals surface area contributed by atoms with Crippen molar-refractivity contribution in [3.05, 3.63) is 36.1 Å². The summed E-state index contributed by atoms with van der Waals surface area (Å²) < 4.78 is 5.93. The zero-order valence-corrected chi connectivity index (χ0v) is 12.4. The fourth-order valence-electron chi connectivity index (χ4n) is 4.12. The quantitative estimate of drug-likeness (QED) is 0.916. The second-order valence-electron chi connectivity index (χ2n) is 6.78. The van der Waals surface area contributed by atoms with E-state index in [4.69, 9.17) is 4.42 Å². The van der Waals surface area contributed by atoms with Gasteiger partial charge in [-0.1, -0.05) is 31.0 Å². The molecule has 1 aliphatic heterocycles. The lowest BCUT2D eigenvalue weighted by molar-refractivity contribution is -0.0975. The van der Waals surface area contributed by atoms with Gasteiger partial charge in [-0.3, -0.25) is 4.90 Å². The molecule has 0 bridgehead atoms. The summed E-state index contributed by atoms with van der Waals surface area (Å²) in [5.41, 5.74) is 0.585. The van der Waals surface area contributed by atoms with Crippen molar-refractivity contribution in [3.63, 3.8) is 0 Å². The molecule has 112 valence electrons. The molecule has 2 fully saturated rings. The van der Waals surface area contributed by atoms with Gasteiger partial charge in [-0.25, -0.2) is 0 Å². The zero-order chi connectivity index (χ0) is 14.3. The highest BCUT2D eigenvalue weighted by Crippen LogP contribution is 2.40. The second kappa shape index (κ2) is 5.15. The molecule has 2 aliphatic rings. The molecule has 0 spiro atoms. The lowest BCUT2D eigenvalue weighted by atomic mass is 9.71. The highest BCUT2D eigenvalue weighted by molar-refractivity contribution is 5.77. The first-order valence-electron chi connectivity index (χ1n) is 8.15. The molecule has 4 rings (SSSR count). The number of hydrogen-bond acceptors (Lipinski definition) is 3. The summed E-state index contributed by atoms with van der Waals surface area (Å²) in [5, 5.41) is 11.9. The Hall–Kier alpha value is -1.32. The van der Waals surface area contributed by atoms with E-state index in [1.54, 1.807) is 0 Å². The van der Waals surface area contributed by atoms with E-state index >= 15 is 0 Å². The molecule has 3 heteroatoms. The number of hydrogen-bond donors (Lipinski definition) is 1. The first-order valence-corrected chi connectivity index (χ1v) is 8.15. The molecular weight excluding hydrogens is 262 g/mol. The van der Waals surface area contributed by atoms with E-state index < -0.39 is 0 Å². The Kier molecular flexibility index (Phi) is 3.27. The van der Waals surface area contributed by atoms with Gasteiger partial charge in [0.2, 0.25) is 0 Å². The van der Waals surface area contributed by atoms with E-state index in [1.165, 1.54) is 24.6 Å². The van der Waals surface area contributed by atoms with Crippen molar-refractivity contribution < 1.29 is 9.52 Å². The first-order chi connectivity index (χ1) is 10.2. The van der Waals surface area contributed by atoms with E-state index in [0.29, 0.717) is 5.92 Å². The number of para-hydroxylation sites is 1. The zero-order valence-electron chi connectivity index (χ0n) is 12.4. The fourth-order valence-corrected chi connectivity index (χ4v) is 4.12. The van der Waals surface area contributed by atoms with E-state index in [9.17, 15) is 5.11 Å². The summed E-state index contributed by atoms with van der Waals surface area (Å²) in [6.45, 7) is 2.85. The third-order valence-electron chi connectivity index (χ3n) is 5.37. The third-order valence-corrected chi connectivity index (χ3v) is 5.37. The molecule has 1 aromatic heterocycles. The van der Waals surface area contributed by atoms with Crippen molar-refractivity contribution in [3.8, 4) is 0 Å². The van der Waals surface area contributed by atoms with Crippen LogP contribution in [-0.2, 0) is 6.54 Å². The van der Waals surface area contributed by atoms with Crippen molar-refractivity contribution in [1.29, 1.82) is 0 Å². The van der Waals surface area contributed by atoms with Crippen LogP contribution in [0.2, 0.25) is 0 Å². The molecule has 2 atom stereocenters. The van der Waals surface area contributed by atoms with Crippen LogP contribution in [0.1, 0.15) is 37.9 Å². The molecule has 2 heterocycles. The van der Waals surface area contributed by atoms with Gasteiger partial charge in [0, 0.05) is 24.4 Å². The Morgan fingerprint density at radius 1 is 1.24 bits per heavy atom. The highest BCUT2D eigenvalue weighted by Gasteiger charge is 2.42. The number of benzene rings is 1. The van der Waals surface area contributed by atoms with Gasteiger partial charge in [-0.05, 0) is 31.4 Å². The Morgan fingerprint density at radius 3 is 3.05 bits per heavy atom. The largest absolute Gasteiger partial charge is 0.460 e. The summed E-state index contributed by atoms with van der Waals surface area (Å²) in [6, 6.07) is 10.3. The maximum atomic E-state index is 10.7. The maximum absolute atomic E-state index is 10.7. The minimum Gasteiger partial charge on any atom is -0.460 e. The minimum atomic E-state index is -0.386. The van der Waals surface area contributed by atoms with Crippen LogP contribution in [0.4, 0.5) is 0 Å². The molecule has 0 amide bonds. The van der Waals surface area contributed by atoms with Crippen LogP contribution >= 0.6 is 0 Å². The molecule has 0 radical (unpaired) electrons. The van der Waals surface area contributed by atoms with Gasteiger partial charge in [0.05, 0.1) is 12.1 Å². The molecule has 2 aromatic rings. The topological polar surface area (TPSA) is 36.6 Å². The molecule has 1 aliphatic carbocycles. The Morgan fingerprint density at radius 2 is 2.14 bits per heavy atom. The van der Waals surface area contributed by atoms with Crippen LogP contribution in [-0.4, -0.2) is 28.7 Å². The number of piperidine rings is 1. The van der Waals surface area contributed by atoms with Gasteiger partial charge >= 0.3 is 0 Å². The first kappa shape index (κ1) is 13.4. The summed E-state index contributed by atoms with van der Waals surface area (Å²) in [6.07, 6.45) is 5.54. The van der Waals surface area contributed by atoms with E-state index in [0.717, 1.165) is 43.8 Å². The van der Waals surface area contributed by atoms with Gasteiger partial charge in [-0.15, -0.1) is 0 Å². The Balaban J connectivity index is 1.48. The molecule has 3 nitrogen and oxygen atoms in total. The number of fused-ring (bicyclic) bond motifs is 2. The summed E-state index contributed by atoms with van der Waals surface area (Å²) >= 11 is 0. The van der Waals surface area contributed by atoms with Crippen LogP contribution in [0.5, 0.6) is 0 Å². The van der Waals surface area contributed by atoms with Gasteiger partial charge in [0.25, 0.3) is 0 Å². The highest BCUT2D eigenvalue weighted by atomic mass is 16.3. The van der Waals surface area contributed by atoms with Gasteiger partial charge in [-0.2, -0.15) is 0 Å². The summed E-state index contributed by atoms with van der Waals surface area (Å²) in [5.74, 6) is 1.49. The molecule has 1 aromatic carbocycles. The van der Waals surface area contributed by atoms with Crippen LogP contribution in [0.15, 0.2) is 34.7 Å². The summed E-state index contributed by atoms with van der Waals surface area (Å²) in [4.78, 5) is 2.45. The fraction of sp³-hybridized carbons (Fsp3) is 0.556. The minimum absolute atomic E-state index is 0.386. The molecular formula is C18H23NO2. The number of likely N-dealkylation sites (tertiary alicyclic amines) is 1. The smallest absolute Gasteiger partial charge is 0.134 e. The molecule has 1 saturated carbocycles. The Bertz CT molecular complexity index is 602. The number of nitrogens with zero attached hydrogens (tertiary/aromatic N) is 1. The average molecular weight is 285 g/mol. The second-order valence-corrected chi connectivity index (χ2v) is 6.78. The van der Waals surface area contributed by atoms with Crippen molar-refractivity contribution in [2.24, 2.45) is 5.92 Å². The molecule has 1 saturated heterocycles. The van der Waals surface area contributed by atoms with Crippen molar-refractivity contribution in [1.82, 2.24) is 4.90 Å². The SMILES string of the molecule is O[C@]12CCCC[C@H]1CN(Cc1cc3ccccc3o1)CC2. The molecule has 1 N–H and O–H groups in total. The van der Waals surface area contributed by atoms with Crippen LogP contribution in [0, 0.1) is 5.92 Å². The van der Waals surface area contributed by atoms with Crippen molar-refractivity contribution >= 4 is 11.0 Å². The number of furan rings is 1. The van der Waals surface area contributed by atoms with Crippen molar-refractivity contribution in [2.45, 2.75) is 44.2 Å². The van der Waals surface area contributed by atoms with Gasteiger partial charge < -0.3 is 9.52 Å². The lowest BCUT2D eigenvalue weighted by Gasteiger charge is -2.47. The van der Waals surface area contributed by atoms with E-state index in [1.807, 2.05) is 18.2 Å². The van der Waals surface area contributed by atoms with Gasteiger partial charge in [0.15, 0.2) is 0 Å². The normalized spacial score (nSPS) is 30.4. The van der Waals surface area contributed by atoms with Crippen LogP contribution < -0.4 is 0 Å². The van der Waals surface area contributed by atoms with E-state index in [2.05, 4.69) is 17.0 Å². The van der Waals surface area contributed by atoms with E-state index in [-0.39, 0.29) is 5.60 Å². The predicted octanol–water partition coefficient (Wildman–Crippen LogP) is 3.56. The van der Waals surface area contributed by atoms with Crippen molar-refractivity contribution in [2.75, 3.05) is 13.1 Å². The molecule has 0 unspecified atom stereocenters. The van der Waals surface area contributed by atoms with Gasteiger partial charge in [0.1, 0.15) is 11.3 Å². The number of rotatable bonds is 2. The van der Waals surface area contributed by atoms with Crippen LogP contribution in [0.3, 0.4) is 0 Å².